The van der Waals surface area contributed by atoms with Crippen molar-refractivity contribution in [2.45, 2.75) is 61.4 Å². The van der Waals surface area contributed by atoms with E-state index >= 15 is 0 Å². The van der Waals surface area contributed by atoms with E-state index < -0.39 is 23.2 Å². The Morgan fingerprint density at radius 1 is 0.636 bits per heavy atom. The zero-order valence-electron chi connectivity index (χ0n) is 19.8. The normalized spacial score (nSPS) is 35.3. The summed E-state index contributed by atoms with van der Waals surface area (Å²) in [6.07, 6.45) is 16.4. The predicted molar refractivity (Wildman–Crippen MR) is 134 cm³/mol. The first-order valence-corrected chi connectivity index (χ1v) is 16.3. The van der Waals surface area contributed by atoms with E-state index in [1.807, 2.05) is 3.28 Å². The molecular weight excluding hydrogens is 476 g/mol. The van der Waals surface area contributed by atoms with Crippen molar-refractivity contribution < 1.29 is 23.2 Å². The number of rotatable bonds is 6. The van der Waals surface area contributed by atoms with Crippen molar-refractivity contribution in [1.82, 2.24) is 0 Å². The SMILES string of the molecule is C1=C(c2ccccc2)C(c2ccccc2)=[C]([Zr][CH](C2CC3CCC2C3)C2CC3CCC2C3)C1. The van der Waals surface area contributed by atoms with Gasteiger partial charge in [0.05, 0.1) is 0 Å². The van der Waals surface area contributed by atoms with Crippen LogP contribution in [0.15, 0.2) is 70.0 Å². The molecule has 4 saturated carbocycles. The fourth-order valence-corrected chi connectivity index (χ4v) is 14.3. The maximum absolute atomic E-state index is 2.59. The summed E-state index contributed by atoms with van der Waals surface area (Å²) in [5.74, 6) is 6.52. The summed E-state index contributed by atoms with van der Waals surface area (Å²) in [5, 5.41) is 0. The third-order valence-corrected chi connectivity index (χ3v) is 15.0. The van der Waals surface area contributed by atoms with Crippen molar-refractivity contribution in [2.75, 3.05) is 0 Å². The molecule has 4 bridgehead atoms. The Morgan fingerprint density at radius 2 is 1.21 bits per heavy atom. The predicted octanol–water partition coefficient (Wildman–Crippen LogP) is 8.63. The molecule has 6 atom stereocenters. The van der Waals surface area contributed by atoms with Gasteiger partial charge in [0.25, 0.3) is 0 Å². The third kappa shape index (κ3) is 3.82. The average molecular weight is 512 g/mol. The van der Waals surface area contributed by atoms with Crippen LogP contribution in [0.3, 0.4) is 0 Å². The molecule has 0 saturated heterocycles. The Morgan fingerprint density at radius 3 is 1.73 bits per heavy atom. The molecule has 5 aliphatic carbocycles. The van der Waals surface area contributed by atoms with Crippen LogP contribution in [0.25, 0.3) is 11.1 Å². The maximum atomic E-state index is 2.59. The Hall–Kier alpha value is -1.20. The minimum atomic E-state index is -0.670. The second kappa shape index (κ2) is 8.79. The molecule has 4 fully saturated rings. The molecule has 7 rings (SSSR count). The van der Waals surface area contributed by atoms with Crippen LogP contribution in [0, 0.1) is 35.5 Å². The molecule has 6 unspecified atom stereocenters. The number of hydrogen-bond acceptors (Lipinski definition) is 0. The van der Waals surface area contributed by atoms with Crippen LogP contribution in [-0.2, 0) is 23.2 Å². The molecule has 2 aromatic rings. The van der Waals surface area contributed by atoms with Crippen LogP contribution in [0.1, 0.15) is 68.9 Å². The number of hydrogen-bond donors (Lipinski definition) is 0. The zero-order chi connectivity index (χ0) is 21.8. The summed E-state index contributed by atoms with van der Waals surface area (Å²) in [7, 11) is 0. The van der Waals surface area contributed by atoms with Crippen LogP contribution in [0.4, 0.5) is 0 Å². The molecule has 33 heavy (non-hydrogen) atoms. The van der Waals surface area contributed by atoms with Crippen LogP contribution in [0.5, 0.6) is 0 Å². The standard InChI is InChI=1S/C17H13.C15H23.Zr/c1-3-8-14(9-4-1)16-12-7-13-17(16)15-10-5-2-6-11-15;1-3-12-5-10(1)7-14(12)9-15-8-11-2-4-13(15)6-11;/h1-6,8-12H,7H2;9-15H,1-8H2;. The molecule has 0 amide bonds. The van der Waals surface area contributed by atoms with Gasteiger partial charge >= 0.3 is 212 Å². The summed E-state index contributed by atoms with van der Waals surface area (Å²) < 4.78 is 3.02. The fourth-order valence-electron chi connectivity index (χ4n) is 8.72. The molecule has 0 aromatic heterocycles. The van der Waals surface area contributed by atoms with Crippen LogP contribution in [-0.4, -0.2) is 0 Å². The van der Waals surface area contributed by atoms with Crippen molar-refractivity contribution in [2.24, 2.45) is 35.5 Å². The van der Waals surface area contributed by atoms with Gasteiger partial charge in [0, 0.05) is 0 Å². The van der Waals surface area contributed by atoms with E-state index in [0.717, 1.165) is 39.1 Å². The zero-order valence-corrected chi connectivity index (χ0v) is 22.2. The van der Waals surface area contributed by atoms with Crippen molar-refractivity contribution in [3.63, 3.8) is 0 Å². The van der Waals surface area contributed by atoms with E-state index in [4.69, 9.17) is 0 Å². The number of fused-ring (bicyclic) bond motifs is 4. The van der Waals surface area contributed by atoms with Gasteiger partial charge in [-0.15, -0.1) is 0 Å². The van der Waals surface area contributed by atoms with E-state index in [9.17, 15) is 0 Å². The van der Waals surface area contributed by atoms with Gasteiger partial charge in [-0.1, -0.05) is 0 Å². The molecule has 5 aliphatic rings. The molecule has 168 valence electrons. The molecular formula is C32H36Zr. The monoisotopic (exact) mass is 510 g/mol. The summed E-state index contributed by atoms with van der Waals surface area (Å²) in [6.45, 7) is 0. The second-order valence-electron chi connectivity index (χ2n) is 11.8. The second-order valence-corrected chi connectivity index (χ2v) is 15.6. The van der Waals surface area contributed by atoms with Gasteiger partial charge in [0.15, 0.2) is 0 Å². The van der Waals surface area contributed by atoms with Crippen molar-refractivity contribution in [3.05, 3.63) is 81.1 Å². The molecule has 2 aromatic carbocycles. The van der Waals surface area contributed by atoms with E-state index in [0.29, 0.717) is 0 Å². The third-order valence-electron chi connectivity index (χ3n) is 10.1. The first-order chi connectivity index (χ1) is 16.3. The summed E-state index contributed by atoms with van der Waals surface area (Å²) in [5.41, 5.74) is 6.06. The Bertz CT molecular complexity index is 1040. The molecule has 0 N–H and O–H groups in total. The summed E-state index contributed by atoms with van der Waals surface area (Å²) in [6, 6.07) is 22.7. The van der Waals surface area contributed by atoms with Crippen molar-refractivity contribution in [1.29, 1.82) is 0 Å². The quantitative estimate of drug-likeness (QED) is 0.364. The van der Waals surface area contributed by atoms with Crippen LogP contribution < -0.4 is 0 Å². The van der Waals surface area contributed by atoms with Gasteiger partial charge in [-0.25, -0.2) is 0 Å². The molecule has 0 aliphatic heterocycles. The van der Waals surface area contributed by atoms with Gasteiger partial charge in [0.1, 0.15) is 0 Å². The summed E-state index contributed by atoms with van der Waals surface area (Å²) >= 11 is -0.670. The molecule has 0 radical (unpaired) electrons. The van der Waals surface area contributed by atoms with E-state index in [1.54, 1.807) is 56.9 Å². The average Bonchev–Trinajstić information content (AvgIpc) is 3.70. The van der Waals surface area contributed by atoms with Gasteiger partial charge in [-0.2, -0.15) is 0 Å². The van der Waals surface area contributed by atoms with Gasteiger partial charge < -0.3 is 0 Å². The Labute approximate surface area is 211 Å². The number of benzene rings is 2. The van der Waals surface area contributed by atoms with Crippen molar-refractivity contribution in [3.8, 4) is 0 Å². The Kier molecular flexibility index (Phi) is 5.62. The first kappa shape index (κ1) is 21.1. The molecule has 0 heterocycles. The van der Waals surface area contributed by atoms with Gasteiger partial charge in [0.2, 0.25) is 0 Å². The summed E-state index contributed by atoms with van der Waals surface area (Å²) in [4.78, 5) is 0. The van der Waals surface area contributed by atoms with E-state index in [-0.39, 0.29) is 0 Å². The molecule has 0 nitrogen and oxygen atoms in total. The fraction of sp³-hybridized carbons (Fsp3) is 0.500. The van der Waals surface area contributed by atoms with Crippen LogP contribution in [0.2, 0.25) is 3.63 Å². The Balaban J connectivity index is 1.27. The topological polar surface area (TPSA) is 0 Å². The molecule has 0 spiro atoms. The van der Waals surface area contributed by atoms with Gasteiger partial charge in [-0.3, -0.25) is 0 Å². The number of allylic oxidation sites excluding steroid dienone is 4. The minimum absolute atomic E-state index is 0.670. The van der Waals surface area contributed by atoms with Crippen LogP contribution >= 0.6 is 0 Å². The van der Waals surface area contributed by atoms with Gasteiger partial charge in [-0.05, 0) is 0 Å². The van der Waals surface area contributed by atoms with E-state index in [2.05, 4.69) is 66.7 Å². The molecule has 1 heteroatoms. The van der Waals surface area contributed by atoms with E-state index in [1.165, 1.54) is 23.1 Å². The first-order valence-electron chi connectivity index (χ1n) is 13.6. The van der Waals surface area contributed by atoms with Crippen molar-refractivity contribution >= 4 is 11.1 Å².